The smallest absolute Gasteiger partial charge is 0.227 e. The molecule has 1 atom stereocenters. The molecule has 98 valence electrons. The molecule has 1 fully saturated rings. The Hall–Kier alpha value is -1.16. The summed E-state index contributed by atoms with van der Waals surface area (Å²) < 4.78 is 26.8. The highest BCUT2D eigenvalue weighted by molar-refractivity contribution is 6.20. The van der Waals surface area contributed by atoms with E-state index in [1.54, 1.807) is 4.90 Å². The van der Waals surface area contributed by atoms with Crippen LogP contribution in [-0.4, -0.2) is 29.3 Å². The second kappa shape index (κ2) is 5.65. The lowest BCUT2D eigenvalue weighted by Crippen LogP contribution is -2.41. The van der Waals surface area contributed by atoms with Crippen molar-refractivity contribution in [3.63, 3.8) is 0 Å². The molecule has 2 nitrogen and oxygen atoms in total. The van der Waals surface area contributed by atoms with E-state index in [1.165, 1.54) is 6.07 Å². The van der Waals surface area contributed by atoms with Gasteiger partial charge in [-0.25, -0.2) is 8.78 Å². The molecule has 0 bridgehead atoms. The number of piperidine rings is 1. The molecular weight excluding hydrogens is 260 g/mol. The Morgan fingerprint density at radius 1 is 1.39 bits per heavy atom. The number of carbonyl (C=O) groups excluding carboxylic acids is 1. The Morgan fingerprint density at radius 2 is 2.06 bits per heavy atom. The van der Waals surface area contributed by atoms with E-state index in [0.29, 0.717) is 13.1 Å². The average molecular weight is 274 g/mol. The van der Waals surface area contributed by atoms with Crippen LogP contribution in [0, 0.1) is 11.6 Å². The quantitative estimate of drug-likeness (QED) is 0.759. The van der Waals surface area contributed by atoms with Gasteiger partial charge >= 0.3 is 0 Å². The molecule has 0 N–H and O–H groups in total. The molecule has 1 aliphatic rings. The summed E-state index contributed by atoms with van der Waals surface area (Å²) in [4.78, 5) is 13.5. The van der Waals surface area contributed by atoms with Crippen LogP contribution in [0.2, 0.25) is 0 Å². The van der Waals surface area contributed by atoms with Crippen molar-refractivity contribution >= 4 is 17.5 Å². The molecule has 0 saturated carbocycles. The van der Waals surface area contributed by atoms with Gasteiger partial charge in [0.25, 0.3) is 0 Å². The number of likely N-dealkylation sites (tertiary alicyclic amines) is 1. The molecule has 18 heavy (non-hydrogen) atoms. The number of amides is 1. The maximum Gasteiger partial charge on any atom is 0.227 e. The Kier molecular flexibility index (Phi) is 4.17. The topological polar surface area (TPSA) is 20.3 Å². The number of nitrogens with zero attached hydrogens (tertiary/aromatic N) is 1. The third kappa shape index (κ3) is 2.99. The predicted molar refractivity (Wildman–Crippen MR) is 65.5 cm³/mol. The van der Waals surface area contributed by atoms with Crippen LogP contribution in [0.1, 0.15) is 18.4 Å². The SMILES string of the molecule is O=C(Cc1c(F)cccc1F)N1CCCC(Cl)C1. The Morgan fingerprint density at radius 3 is 2.67 bits per heavy atom. The molecule has 0 spiro atoms. The summed E-state index contributed by atoms with van der Waals surface area (Å²) in [6, 6.07) is 3.60. The van der Waals surface area contributed by atoms with Crippen molar-refractivity contribution in [3.8, 4) is 0 Å². The van der Waals surface area contributed by atoms with Gasteiger partial charge in [-0.1, -0.05) is 6.07 Å². The van der Waals surface area contributed by atoms with Crippen LogP contribution in [0.15, 0.2) is 18.2 Å². The Labute approximate surface area is 110 Å². The summed E-state index contributed by atoms with van der Waals surface area (Å²) in [5, 5.41) is -0.0619. The number of hydrogen-bond acceptors (Lipinski definition) is 1. The molecule has 1 aromatic rings. The first-order valence-electron chi connectivity index (χ1n) is 5.92. The second-order valence-corrected chi connectivity index (χ2v) is 5.07. The molecule has 0 aromatic heterocycles. The van der Waals surface area contributed by atoms with Crippen LogP contribution >= 0.6 is 11.6 Å². The lowest BCUT2D eigenvalue weighted by Gasteiger charge is -2.30. The van der Waals surface area contributed by atoms with E-state index in [9.17, 15) is 13.6 Å². The van der Waals surface area contributed by atoms with Crippen molar-refractivity contribution in [2.24, 2.45) is 0 Å². The molecule has 0 radical (unpaired) electrons. The maximum absolute atomic E-state index is 13.4. The summed E-state index contributed by atoms with van der Waals surface area (Å²) >= 11 is 5.98. The fraction of sp³-hybridized carbons (Fsp3) is 0.462. The number of carbonyl (C=O) groups is 1. The van der Waals surface area contributed by atoms with Crippen molar-refractivity contribution in [3.05, 3.63) is 35.4 Å². The van der Waals surface area contributed by atoms with Crippen LogP contribution in [0.5, 0.6) is 0 Å². The molecule has 1 heterocycles. The zero-order valence-corrected chi connectivity index (χ0v) is 10.6. The Bertz CT molecular complexity index is 432. The monoisotopic (exact) mass is 273 g/mol. The minimum Gasteiger partial charge on any atom is -0.341 e. The van der Waals surface area contributed by atoms with Crippen molar-refractivity contribution in [1.29, 1.82) is 0 Å². The number of hydrogen-bond donors (Lipinski definition) is 0. The van der Waals surface area contributed by atoms with Gasteiger partial charge in [0.1, 0.15) is 11.6 Å². The third-order valence-electron chi connectivity index (χ3n) is 3.11. The maximum atomic E-state index is 13.4. The highest BCUT2D eigenvalue weighted by atomic mass is 35.5. The highest BCUT2D eigenvalue weighted by Gasteiger charge is 2.23. The van der Waals surface area contributed by atoms with E-state index in [-0.39, 0.29) is 23.3 Å². The predicted octanol–water partition coefficient (Wildman–Crippen LogP) is 2.74. The molecule has 1 unspecified atom stereocenters. The molecule has 2 rings (SSSR count). The second-order valence-electron chi connectivity index (χ2n) is 4.46. The molecule has 1 amide bonds. The summed E-state index contributed by atoms with van der Waals surface area (Å²) in [6.07, 6.45) is 1.46. The first kappa shape index (κ1) is 13.3. The lowest BCUT2D eigenvalue weighted by atomic mass is 10.1. The van der Waals surface area contributed by atoms with E-state index in [1.807, 2.05) is 0 Å². The van der Waals surface area contributed by atoms with Gasteiger partial charge in [0.15, 0.2) is 0 Å². The van der Waals surface area contributed by atoms with Gasteiger partial charge in [-0.15, -0.1) is 11.6 Å². The lowest BCUT2D eigenvalue weighted by molar-refractivity contribution is -0.131. The van der Waals surface area contributed by atoms with Gasteiger partial charge in [-0.3, -0.25) is 4.79 Å². The van der Waals surface area contributed by atoms with E-state index < -0.39 is 11.6 Å². The summed E-state index contributed by atoms with van der Waals surface area (Å²) in [5.41, 5.74) is -0.167. The van der Waals surface area contributed by atoms with Crippen molar-refractivity contribution in [1.82, 2.24) is 4.90 Å². The van der Waals surface area contributed by atoms with Gasteiger partial charge in [0.05, 0.1) is 11.8 Å². The molecule has 0 aliphatic carbocycles. The van der Waals surface area contributed by atoms with Crippen LogP contribution in [0.25, 0.3) is 0 Å². The molecular formula is C13H14ClF2NO. The van der Waals surface area contributed by atoms with Gasteiger partial charge in [-0.2, -0.15) is 0 Å². The highest BCUT2D eigenvalue weighted by Crippen LogP contribution is 2.18. The molecule has 1 aliphatic heterocycles. The van der Waals surface area contributed by atoms with Gasteiger partial charge in [-0.05, 0) is 25.0 Å². The summed E-state index contributed by atoms with van der Waals surface area (Å²) in [6.45, 7) is 1.06. The first-order chi connectivity index (χ1) is 8.58. The minimum atomic E-state index is -0.678. The van der Waals surface area contributed by atoms with Gasteiger partial charge in [0.2, 0.25) is 5.91 Å². The zero-order valence-electron chi connectivity index (χ0n) is 9.83. The van der Waals surface area contributed by atoms with Crippen molar-refractivity contribution in [2.75, 3.05) is 13.1 Å². The van der Waals surface area contributed by atoms with Crippen LogP contribution < -0.4 is 0 Å². The molecule has 1 aromatic carbocycles. The van der Waals surface area contributed by atoms with Crippen LogP contribution in [0.4, 0.5) is 8.78 Å². The normalized spacial score (nSPS) is 19.9. The first-order valence-corrected chi connectivity index (χ1v) is 6.36. The minimum absolute atomic E-state index is 0.0619. The fourth-order valence-electron chi connectivity index (χ4n) is 2.12. The third-order valence-corrected chi connectivity index (χ3v) is 3.46. The number of alkyl halides is 1. The fourth-order valence-corrected chi connectivity index (χ4v) is 2.44. The summed E-state index contributed by atoms with van der Waals surface area (Å²) in [5.74, 6) is -1.63. The van der Waals surface area contributed by atoms with Crippen LogP contribution in [0.3, 0.4) is 0 Å². The van der Waals surface area contributed by atoms with E-state index in [4.69, 9.17) is 11.6 Å². The van der Waals surface area contributed by atoms with E-state index in [0.717, 1.165) is 25.0 Å². The summed E-state index contributed by atoms with van der Waals surface area (Å²) in [7, 11) is 0. The number of halogens is 3. The van der Waals surface area contributed by atoms with Crippen molar-refractivity contribution < 1.29 is 13.6 Å². The molecule has 1 saturated heterocycles. The van der Waals surface area contributed by atoms with Crippen molar-refractivity contribution in [2.45, 2.75) is 24.6 Å². The van der Waals surface area contributed by atoms with E-state index in [2.05, 4.69) is 0 Å². The largest absolute Gasteiger partial charge is 0.341 e. The number of rotatable bonds is 2. The standard InChI is InChI=1S/C13H14ClF2NO/c14-9-3-2-6-17(8-9)13(18)7-10-11(15)4-1-5-12(10)16/h1,4-5,9H,2-3,6-8H2. The molecule has 5 heteroatoms. The zero-order chi connectivity index (χ0) is 13.1. The van der Waals surface area contributed by atoms with Gasteiger partial charge < -0.3 is 4.90 Å². The number of benzene rings is 1. The Balaban J connectivity index is 2.07. The average Bonchev–Trinajstić information content (AvgIpc) is 2.34. The van der Waals surface area contributed by atoms with Crippen LogP contribution in [-0.2, 0) is 11.2 Å². The van der Waals surface area contributed by atoms with Gasteiger partial charge in [0, 0.05) is 18.7 Å². The van der Waals surface area contributed by atoms with E-state index >= 15 is 0 Å².